The maximum Gasteiger partial charge on any atom is 0.262 e. The lowest BCUT2D eigenvalue weighted by Gasteiger charge is -2.20. The lowest BCUT2D eigenvalue weighted by atomic mass is 10.0. The van der Waals surface area contributed by atoms with E-state index in [-0.39, 0.29) is 17.7 Å². The van der Waals surface area contributed by atoms with E-state index in [2.05, 4.69) is 15.8 Å². The predicted octanol–water partition coefficient (Wildman–Crippen LogP) is 3.39. The second-order valence-electron chi connectivity index (χ2n) is 7.51. The van der Waals surface area contributed by atoms with Crippen LogP contribution in [0.25, 0.3) is 10.9 Å². The van der Waals surface area contributed by atoms with Crippen molar-refractivity contribution in [3.63, 3.8) is 0 Å². The maximum absolute atomic E-state index is 12.6. The summed E-state index contributed by atoms with van der Waals surface area (Å²) in [5.41, 5.74) is 6.15. The summed E-state index contributed by atoms with van der Waals surface area (Å²) in [4.78, 5) is 25.1. The zero-order chi connectivity index (χ0) is 21.0. The Morgan fingerprint density at radius 3 is 2.45 bits per heavy atom. The van der Waals surface area contributed by atoms with E-state index in [0.717, 1.165) is 22.0 Å². The highest BCUT2D eigenvalue weighted by Crippen LogP contribution is 2.18. The van der Waals surface area contributed by atoms with Crippen molar-refractivity contribution in [3.05, 3.63) is 71.4 Å². The highest BCUT2D eigenvalue weighted by atomic mass is 16.2. The number of hydrogen-bond acceptors (Lipinski definition) is 3. The summed E-state index contributed by atoms with van der Waals surface area (Å²) in [5, 5.41) is 7.97. The van der Waals surface area contributed by atoms with Gasteiger partial charge in [0.15, 0.2) is 0 Å². The fourth-order valence-electron chi connectivity index (χ4n) is 3.18. The third-order valence-electron chi connectivity index (χ3n) is 4.86. The molecule has 2 amide bonds. The Balaban J connectivity index is 1.68. The second kappa shape index (κ2) is 8.73. The van der Waals surface area contributed by atoms with Gasteiger partial charge in [-0.3, -0.25) is 9.59 Å². The van der Waals surface area contributed by atoms with Crippen LogP contribution in [0, 0.1) is 12.8 Å². The fraction of sp³-hybridized carbons (Fsp3) is 0.261. The summed E-state index contributed by atoms with van der Waals surface area (Å²) in [7, 11) is 1.97. The number of para-hydroxylation sites is 1. The summed E-state index contributed by atoms with van der Waals surface area (Å²) in [6, 6.07) is 14.5. The van der Waals surface area contributed by atoms with Crippen LogP contribution in [-0.4, -0.2) is 28.6 Å². The highest BCUT2D eigenvalue weighted by Gasteiger charge is 2.24. The molecule has 1 unspecified atom stereocenters. The van der Waals surface area contributed by atoms with Crippen LogP contribution >= 0.6 is 0 Å². The first-order valence-electron chi connectivity index (χ1n) is 9.61. The van der Waals surface area contributed by atoms with E-state index >= 15 is 0 Å². The van der Waals surface area contributed by atoms with Gasteiger partial charge in [-0.05, 0) is 31.0 Å². The van der Waals surface area contributed by atoms with E-state index in [1.165, 1.54) is 0 Å². The average molecular weight is 390 g/mol. The molecular formula is C23H26N4O2. The van der Waals surface area contributed by atoms with Gasteiger partial charge in [0.2, 0.25) is 0 Å². The number of aryl methyl sites for hydroxylation is 2. The van der Waals surface area contributed by atoms with Crippen molar-refractivity contribution in [2.75, 3.05) is 0 Å². The third kappa shape index (κ3) is 4.71. The smallest absolute Gasteiger partial charge is 0.262 e. The maximum atomic E-state index is 12.6. The number of benzene rings is 2. The van der Waals surface area contributed by atoms with Crippen molar-refractivity contribution < 1.29 is 9.59 Å². The summed E-state index contributed by atoms with van der Waals surface area (Å²) in [5.74, 6) is -0.717. The average Bonchev–Trinajstić information content (AvgIpc) is 3.02. The molecular weight excluding hydrogens is 364 g/mol. The molecule has 1 atom stereocenters. The molecule has 150 valence electrons. The van der Waals surface area contributed by atoms with Crippen LogP contribution in [0.15, 0.2) is 59.8 Å². The van der Waals surface area contributed by atoms with Gasteiger partial charge in [-0.2, -0.15) is 5.10 Å². The standard InChI is InChI=1S/C23H26N4O2/c1-15(2)21(25-22(28)17-11-9-16(3)10-12-17)23(29)26-24-13-18-14-27(4)20-8-6-5-7-19(18)20/h5-15,21H,1-4H3,(H,25,28)(H,26,29)/b24-13-. The number of fused-ring (bicyclic) bond motifs is 1. The van der Waals surface area contributed by atoms with Crippen LogP contribution in [0.3, 0.4) is 0 Å². The van der Waals surface area contributed by atoms with Crippen molar-refractivity contribution in [1.29, 1.82) is 0 Å². The lowest BCUT2D eigenvalue weighted by Crippen LogP contribution is -2.48. The van der Waals surface area contributed by atoms with Crippen LogP contribution in [0.2, 0.25) is 0 Å². The molecule has 0 fully saturated rings. The van der Waals surface area contributed by atoms with Crippen LogP contribution < -0.4 is 10.7 Å². The molecule has 6 nitrogen and oxygen atoms in total. The van der Waals surface area contributed by atoms with Crippen LogP contribution in [0.1, 0.15) is 35.3 Å². The van der Waals surface area contributed by atoms with Crippen LogP contribution in [-0.2, 0) is 11.8 Å². The van der Waals surface area contributed by atoms with Gasteiger partial charge in [0, 0.05) is 35.3 Å². The molecule has 3 aromatic rings. The number of hydrogen-bond donors (Lipinski definition) is 2. The fourth-order valence-corrected chi connectivity index (χ4v) is 3.18. The van der Waals surface area contributed by atoms with Gasteiger partial charge in [-0.15, -0.1) is 0 Å². The van der Waals surface area contributed by atoms with Gasteiger partial charge in [-0.1, -0.05) is 49.7 Å². The monoisotopic (exact) mass is 390 g/mol. The van der Waals surface area contributed by atoms with Gasteiger partial charge in [0.1, 0.15) is 6.04 Å². The van der Waals surface area contributed by atoms with Gasteiger partial charge in [0.25, 0.3) is 11.8 Å². The Labute approximate surface area is 170 Å². The lowest BCUT2D eigenvalue weighted by molar-refractivity contribution is -0.123. The molecule has 0 aliphatic carbocycles. The molecule has 29 heavy (non-hydrogen) atoms. The molecule has 0 saturated carbocycles. The minimum Gasteiger partial charge on any atom is -0.350 e. The minimum absolute atomic E-state index is 0.0860. The first kappa shape index (κ1) is 20.3. The van der Waals surface area contributed by atoms with E-state index in [0.29, 0.717) is 5.56 Å². The highest BCUT2D eigenvalue weighted by molar-refractivity contribution is 6.00. The number of carbonyl (C=O) groups excluding carboxylic acids is 2. The number of carbonyl (C=O) groups is 2. The summed E-state index contributed by atoms with van der Waals surface area (Å²) >= 11 is 0. The second-order valence-corrected chi connectivity index (χ2v) is 7.51. The largest absolute Gasteiger partial charge is 0.350 e. The molecule has 1 aromatic heterocycles. The molecule has 1 heterocycles. The molecule has 0 aliphatic heterocycles. The minimum atomic E-state index is -0.687. The van der Waals surface area contributed by atoms with Crippen molar-refractivity contribution in [1.82, 2.24) is 15.3 Å². The normalized spacial score (nSPS) is 12.4. The molecule has 0 saturated heterocycles. The Morgan fingerprint density at radius 1 is 1.07 bits per heavy atom. The molecule has 0 radical (unpaired) electrons. The number of hydrazone groups is 1. The number of rotatable bonds is 6. The van der Waals surface area contributed by atoms with E-state index in [1.54, 1.807) is 18.3 Å². The molecule has 6 heteroatoms. The first-order chi connectivity index (χ1) is 13.9. The predicted molar refractivity (Wildman–Crippen MR) is 116 cm³/mol. The Morgan fingerprint density at radius 2 is 1.76 bits per heavy atom. The van der Waals surface area contributed by atoms with Gasteiger partial charge in [0.05, 0.1) is 6.21 Å². The molecule has 0 aliphatic rings. The quantitative estimate of drug-likeness (QED) is 0.500. The summed E-state index contributed by atoms with van der Waals surface area (Å²) in [6.07, 6.45) is 3.58. The van der Waals surface area contributed by atoms with E-state index in [4.69, 9.17) is 0 Å². The number of aromatic nitrogens is 1. The molecule has 0 spiro atoms. The zero-order valence-electron chi connectivity index (χ0n) is 17.1. The Kier molecular flexibility index (Phi) is 6.12. The van der Waals surface area contributed by atoms with Crippen LogP contribution in [0.5, 0.6) is 0 Å². The van der Waals surface area contributed by atoms with Crippen molar-refractivity contribution >= 4 is 28.9 Å². The Bertz CT molecular complexity index is 1050. The zero-order valence-corrected chi connectivity index (χ0v) is 17.1. The summed E-state index contributed by atoms with van der Waals surface area (Å²) < 4.78 is 2.01. The van der Waals surface area contributed by atoms with Crippen LogP contribution in [0.4, 0.5) is 0 Å². The number of amides is 2. The molecule has 2 N–H and O–H groups in total. The van der Waals surface area contributed by atoms with Crippen molar-refractivity contribution in [2.24, 2.45) is 18.1 Å². The number of nitrogens with zero attached hydrogens (tertiary/aromatic N) is 2. The topological polar surface area (TPSA) is 75.5 Å². The Hall–Kier alpha value is -3.41. The van der Waals surface area contributed by atoms with Crippen molar-refractivity contribution in [2.45, 2.75) is 26.8 Å². The van der Waals surface area contributed by atoms with Gasteiger partial charge in [-0.25, -0.2) is 5.43 Å². The molecule has 3 rings (SSSR count). The van der Waals surface area contributed by atoms with Crippen molar-refractivity contribution in [3.8, 4) is 0 Å². The SMILES string of the molecule is Cc1ccc(C(=O)NC(C(=O)N/N=C\c2cn(C)c3ccccc23)C(C)C)cc1. The number of nitrogens with one attached hydrogen (secondary N) is 2. The van der Waals surface area contributed by atoms with E-state index < -0.39 is 6.04 Å². The summed E-state index contributed by atoms with van der Waals surface area (Å²) in [6.45, 7) is 5.72. The van der Waals surface area contributed by atoms with Gasteiger partial charge >= 0.3 is 0 Å². The van der Waals surface area contributed by atoms with E-state index in [1.807, 2.05) is 75.0 Å². The first-order valence-corrected chi connectivity index (χ1v) is 9.61. The van der Waals surface area contributed by atoms with E-state index in [9.17, 15) is 9.59 Å². The third-order valence-corrected chi connectivity index (χ3v) is 4.86. The molecule has 2 aromatic carbocycles. The molecule has 0 bridgehead atoms. The van der Waals surface area contributed by atoms with Gasteiger partial charge < -0.3 is 9.88 Å².